The molecule has 0 radical (unpaired) electrons. The summed E-state index contributed by atoms with van der Waals surface area (Å²) >= 11 is 0. The predicted molar refractivity (Wildman–Crippen MR) is 101 cm³/mol. The monoisotopic (exact) mass is 383 g/mol. The fourth-order valence-electron chi connectivity index (χ4n) is 4.76. The number of likely N-dealkylation sites (tertiary alicyclic amines) is 1. The number of imide groups is 1. The third-order valence-corrected chi connectivity index (χ3v) is 6.37. The molecular formula is C22H25NO5. The molecule has 1 saturated heterocycles. The second-order valence-corrected chi connectivity index (χ2v) is 8.09. The van der Waals surface area contributed by atoms with Crippen LogP contribution in [0.25, 0.3) is 0 Å². The van der Waals surface area contributed by atoms with Crippen LogP contribution in [0.5, 0.6) is 0 Å². The molecule has 2 fully saturated rings. The highest BCUT2D eigenvalue weighted by Gasteiger charge is 2.51. The summed E-state index contributed by atoms with van der Waals surface area (Å²) in [4.78, 5) is 51.1. The van der Waals surface area contributed by atoms with Crippen molar-refractivity contribution in [2.75, 3.05) is 6.61 Å². The van der Waals surface area contributed by atoms with Gasteiger partial charge in [0.25, 0.3) is 0 Å². The van der Waals surface area contributed by atoms with E-state index in [9.17, 15) is 19.2 Å². The van der Waals surface area contributed by atoms with Gasteiger partial charge >= 0.3 is 5.97 Å². The summed E-state index contributed by atoms with van der Waals surface area (Å²) in [6, 6.07) is 4.60. The van der Waals surface area contributed by atoms with Gasteiger partial charge in [-0.1, -0.05) is 25.0 Å². The topological polar surface area (TPSA) is 80.8 Å². The molecule has 28 heavy (non-hydrogen) atoms. The predicted octanol–water partition coefficient (Wildman–Crippen LogP) is 2.46. The molecule has 3 aliphatic rings. The van der Waals surface area contributed by atoms with E-state index in [-0.39, 0.29) is 36.0 Å². The zero-order chi connectivity index (χ0) is 19.8. The van der Waals surface area contributed by atoms with Gasteiger partial charge in [0.1, 0.15) is 6.04 Å². The van der Waals surface area contributed by atoms with Gasteiger partial charge in [0.2, 0.25) is 11.8 Å². The van der Waals surface area contributed by atoms with Gasteiger partial charge in [-0.05, 0) is 56.2 Å². The Balaban J connectivity index is 1.37. The molecule has 1 aromatic rings. The number of hydrogen-bond acceptors (Lipinski definition) is 5. The molecule has 6 heteroatoms. The van der Waals surface area contributed by atoms with E-state index in [2.05, 4.69) is 0 Å². The molecule has 1 heterocycles. The second-order valence-electron chi connectivity index (χ2n) is 8.09. The van der Waals surface area contributed by atoms with Gasteiger partial charge in [-0.3, -0.25) is 19.3 Å². The molecule has 4 rings (SSSR count). The molecule has 148 valence electrons. The van der Waals surface area contributed by atoms with Crippen LogP contribution >= 0.6 is 0 Å². The average molecular weight is 383 g/mol. The molecule has 2 aliphatic carbocycles. The largest absolute Gasteiger partial charge is 0.456 e. The number of carbonyl (C=O) groups excluding carboxylic acids is 4. The second kappa shape index (κ2) is 7.49. The van der Waals surface area contributed by atoms with Crippen LogP contribution in [0.4, 0.5) is 0 Å². The summed E-state index contributed by atoms with van der Waals surface area (Å²) < 4.78 is 5.17. The Labute approximate surface area is 164 Å². The third kappa shape index (κ3) is 3.25. The van der Waals surface area contributed by atoms with E-state index in [1.54, 1.807) is 6.07 Å². The molecule has 0 unspecified atom stereocenters. The molecule has 3 atom stereocenters. The number of fused-ring (bicyclic) bond motifs is 2. The van der Waals surface area contributed by atoms with Crippen LogP contribution < -0.4 is 0 Å². The minimum Gasteiger partial charge on any atom is -0.456 e. The third-order valence-electron chi connectivity index (χ3n) is 6.37. The molecule has 6 nitrogen and oxygen atoms in total. The number of hydrogen-bond donors (Lipinski definition) is 0. The average Bonchev–Trinajstić information content (AvgIpc) is 3.28. The highest BCUT2D eigenvalue weighted by molar-refractivity contribution is 6.08. The van der Waals surface area contributed by atoms with Gasteiger partial charge in [0, 0.05) is 5.56 Å². The Kier molecular flexibility index (Phi) is 5.04. The summed E-state index contributed by atoms with van der Waals surface area (Å²) in [7, 11) is 0. The van der Waals surface area contributed by atoms with Crippen LogP contribution in [0.1, 0.15) is 60.5 Å². The Morgan fingerprint density at radius 3 is 2.36 bits per heavy atom. The molecule has 1 saturated carbocycles. The van der Waals surface area contributed by atoms with Crippen molar-refractivity contribution in [3.05, 3.63) is 34.9 Å². The van der Waals surface area contributed by atoms with E-state index in [0.29, 0.717) is 18.4 Å². The number of nitrogens with zero attached hydrogens (tertiary/aromatic N) is 1. The zero-order valence-corrected chi connectivity index (χ0v) is 16.1. The number of amides is 2. The number of aryl methyl sites for hydroxylation is 2. The number of rotatable bonds is 5. The first-order valence-corrected chi connectivity index (χ1v) is 10.2. The minimum atomic E-state index is -1.00. The molecule has 1 aromatic carbocycles. The Hall–Kier alpha value is -2.50. The Morgan fingerprint density at radius 1 is 1.04 bits per heavy atom. The van der Waals surface area contributed by atoms with Crippen molar-refractivity contribution in [1.29, 1.82) is 0 Å². The fourth-order valence-corrected chi connectivity index (χ4v) is 4.76. The fraction of sp³-hybridized carbons (Fsp3) is 0.545. The van der Waals surface area contributed by atoms with E-state index in [0.717, 1.165) is 37.0 Å². The highest BCUT2D eigenvalue weighted by Crippen LogP contribution is 2.38. The first-order chi connectivity index (χ1) is 13.5. The van der Waals surface area contributed by atoms with Crippen LogP contribution in [-0.4, -0.2) is 41.1 Å². The van der Waals surface area contributed by atoms with Crippen LogP contribution in [0.3, 0.4) is 0 Å². The number of ketones is 1. The molecule has 2 amide bonds. The molecule has 0 spiro atoms. The number of ether oxygens (including phenoxy) is 1. The van der Waals surface area contributed by atoms with E-state index >= 15 is 0 Å². The molecular weight excluding hydrogens is 358 g/mol. The van der Waals surface area contributed by atoms with Gasteiger partial charge in [0.15, 0.2) is 12.4 Å². The van der Waals surface area contributed by atoms with Crippen molar-refractivity contribution < 1.29 is 23.9 Å². The first kappa shape index (κ1) is 18.8. The molecule has 0 aromatic heterocycles. The maximum Gasteiger partial charge on any atom is 0.329 e. The van der Waals surface area contributed by atoms with Gasteiger partial charge < -0.3 is 4.74 Å². The lowest BCUT2D eigenvalue weighted by atomic mass is 9.81. The van der Waals surface area contributed by atoms with Crippen LogP contribution in [-0.2, 0) is 32.0 Å². The number of benzene rings is 1. The van der Waals surface area contributed by atoms with E-state index in [4.69, 9.17) is 4.74 Å². The maximum absolute atomic E-state index is 12.6. The lowest BCUT2D eigenvalue weighted by Gasteiger charge is -2.21. The zero-order valence-electron chi connectivity index (χ0n) is 16.1. The van der Waals surface area contributed by atoms with Crippen molar-refractivity contribution >= 4 is 23.6 Å². The lowest BCUT2D eigenvalue weighted by molar-refractivity contribution is -0.157. The SMILES string of the molecule is C[C@@H](C(=O)OCC(=O)c1ccc2c(c1)CCC2)N1C(=O)[C@H]2CCCC[C@H]2C1=O. The first-order valence-electron chi connectivity index (χ1n) is 10.2. The van der Waals surface area contributed by atoms with E-state index in [1.807, 2.05) is 12.1 Å². The van der Waals surface area contributed by atoms with Crippen molar-refractivity contribution in [3.8, 4) is 0 Å². The van der Waals surface area contributed by atoms with Crippen LogP contribution in [0.15, 0.2) is 18.2 Å². The van der Waals surface area contributed by atoms with E-state index < -0.39 is 12.0 Å². The van der Waals surface area contributed by atoms with Gasteiger partial charge in [-0.2, -0.15) is 0 Å². The Bertz CT molecular complexity index is 821. The summed E-state index contributed by atoms with van der Waals surface area (Å²) in [6.45, 7) is 1.11. The number of carbonyl (C=O) groups is 4. The summed E-state index contributed by atoms with van der Waals surface area (Å²) in [5, 5.41) is 0. The smallest absolute Gasteiger partial charge is 0.329 e. The molecule has 0 N–H and O–H groups in total. The summed E-state index contributed by atoms with van der Waals surface area (Å²) in [5.74, 6) is -2.14. The van der Waals surface area contributed by atoms with Gasteiger partial charge in [-0.15, -0.1) is 0 Å². The Morgan fingerprint density at radius 2 is 1.68 bits per heavy atom. The van der Waals surface area contributed by atoms with Crippen molar-refractivity contribution in [1.82, 2.24) is 4.90 Å². The highest BCUT2D eigenvalue weighted by atomic mass is 16.5. The van der Waals surface area contributed by atoms with Gasteiger partial charge in [-0.25, -0.2) is 4.79 Å². The summed E-state index contributed by atoms with van der Waals surface area (Å²) in [6.07, 6.45) is 6.36. The molecule has 1 aliphatic heterocycles. The summed E-state index contributed by atoms with van der Waals surface area (Å²) in [5.41, 5.74) is 2.98. The quantitative estimate of drug-likeness (QED) is 0.443. The van der Waals surface area contributed by atoms with Crippen LogP contribution in [0, 0.1) is 11.8 Å². The van der Waals surface area contributed by atoms with E-state index in [1.165, 1.54) is 18.1 Å². The lowest BCUT2D eigenvalue weighted by Crippen LogP contribution is -2.44. The maximum atomic E-state index is 12.6. The standard InChI is InChI=1S/C22H25NO5/c1-13(23-20(25)17-7-2-3-8-18(17)21(23)26)22(27)28-12-19(24)16-10-9-14-5-4-6-15(14)11-16/h9-11,13,17-18H,2-8,12H2,1H3/t13-,17-,18+/m0/s1. The van der Waals surface area contributed by atoms with Gasteiger partial charge in [0.05, 0.1) is 11.8 Å². The minimum absolute atomic E-state index is 0.274. The number of esters is 1. The van der Waals surface area contributed by atoms with Crippen molar-refractivity contribution in [2.45, 2.75) is 57.9 Å². The number of Topliss-reactive ketones (excluding diaryl/α,β-unsaturated/α-hetero) is 1. The van der Waals surface area contributed by atoms with Crippen LogP contribution in [0.2, 0.25) is 0 Å². The van der Waals surface area contributed by atoms with Crippen molar-refractivity contribution in [2.24, 2.45) is 11.8 Å². The molecule has 0 bridgehead atoms. The normalized spacial score (nSPS) is 24.7. The van der Waals surface area contributed by atoms with Crippen molar-refractivity contribution in [3.63, 3.8) is 0 Å².